The summed E-state index contributed by atoms with van der Waals surface area (Å²) in [6.45, 7) is 2.19. The summed E-state index contributed by atoms with van der Waals surface area (Å²) < 4.78 is 5.25. The van der Waals surface area contributed by atoms with Crippen molar-refractivity contribution in [1.29, 1.82) is 0 Å². The van der Waals surface area contributed by atoms with Crippen LogP contribution in [0.25, 0.3) is 0 Å². The van der Waals surface area contributed by atoms with Gasteiger partial charge < -0.3 is 10.5 Å². The molecule has 66 valence electrons. The van der Waals surface area contributed by atoms with Crippen molar-refractivity contribution in [2.45, 2.75) is 31.9 Å². The van der Waals surface area contributed by atoms with Gasteiger partial charge in [0.2, 0.25) is 0 Å². The molecule has 0 radical (unpaired) electrons. The average molecular weight is 167 g/mol. The molecule has 0 aromatic rings. The largest absolute Gasteiger partial charge is 0.460 e. The predicted octanol–water partition coefficient (Wildman–Crippen LogP) is 0.285. The van der Waals surface area contributed by atoms with E-state index in [1.807, 2.05) is 0 Å². The molecular formula is C9H13NO2. The molecule has 1 heterocycles. The van der Waals surface area contributed by atoms with Crippen LogP contribution in [0.1, 0.15) is 19.8 Å². The third kappa shape index (κ3) is 0.534. The minimum absolute atomic E-state index is 0.00155. The van der Waals surface area contributed by atoms with Gasteiger partial charge in [-0.25, -0.2) is 0 Å². The van der Waals surface area contributed by atoms with Crippen molar-refractivity contribution in [1.82, 2.24) is 0 Å². The van der Waals surface area contributed by atoms with E-state index in [2.05, 4.69) is 6.92 Å². The van der Waals surface area contributed by atoms with Gasteiger partial charge in [0.15, 0.2) is 0 Å². The van der Waals surface area contributed by atoms with Crippen molar-refractivity contribution in [3.05, 3.63) is 0 Å². The van der Waals surface area contributed by atoms with Gasteiger partial charge in [-0.2, -0.15) is 0 Å². The van der Waals surface area contributed by atoms with E-state index in [0.29, 0.717) is 5.92 Å². The van der Waals surface area contributed by atoms with E-state index in [9.17, 15) is 4.79 Å². The molecule has 2 N–H and O–H groups in total. The lowest BCUT2D eigenvalue weighted by atomic mass is 9.78. The van der Waals surface area contributed by atoms with Crippen molar-refractivity contribution in [2.75, 3.05) is 0 Å². The fourth-order valence-corrected chi connectivity index (χ4v) is 3.34. The highest BCUT2D eigenvalue weighted by molar-refractivity contribution is 5.77. The number of esters is 1. The summed E-state index contributed by atoms with van der Waals surface area (Å²) in [5.41, 5.74) is 6.21. The summed E-state index contributed by atoms with van der Waals surface area (Å²) >= 11 is 0. The predicted molar refractivity (Wildman–Crippen MR) is 42.2 cm³/mol. The lowest BCUT2D eigenvalue weighted by Crippen LogP contribution is -2.44. The Morgan fingerprint density at radius 2 is 2.33 bits per heavy atom. The third-order valence-electron chi connectivity index (χ3n) is 4.04. The lowest BCUT2D eigenvalue weighted by Gasteiger charge is -2.29. The van der Waals surface area contributed by atoms with Gasteiger partial charge in [0.05, 0.1) is 5.92 Å². The second-order valence-electron chi connectivity index (χ2n) is 4.76. The van der Waals surface area contributed by atoms with Gasteiger partial charge in [-0.3, -0.25) is 4.79 Å². The zero-order valence-corrected chi connectivity index (χ0v) is 7.12. The number of carbonyl (C=O) groups excluding carboxylic acids is 1. The number of hydrogen-bond acceptors (Lipinski definition) is 3. The summed E-state index contributed by atoms with van der Waals surface area (Å²) in [4.78, 5) is 11.3. The summed E-state index contributed by atoms with van der Waals surface area (Å²) in [5.74, 6) is 0.624. The van der Waals surface area contributed by atoms with E-state index >= 15 is 0 Å². The zero-order chi connectivity index (χ0) is 8.51. The molecule has 5 unspecified atom stereocenters. The highest BCUT2D eigenvalue weighted by Crippen LogP contribution is 2.60. The van der Waals surface area contributed by atoms with Crippen LogP contribution in [-0.2, 0) is 9.53 Å². The molecule has 2 saturated carbocycles. The molecular weight excluding hydrogens is 154 g/mol. The van der Waals surface area contributed by atoms with Gasteiger partial charge in [-0.15, -0.1) is 0 Å². The first kappa shape index (κ1) is 6.89. The summed E-state index contributed by atoms with van der Waals surface area (Å²) in [6.07, 6.45) is 2.09. The normalized spacial score (nSPS) is 61.0. The monoisotopic (exact) mass is 167 g/mol. The lowest BCUT2D eigenvalue weighted by molar-refractivity contribution is -0.143. The highest BCUT2D eigenvalue weighted by atomic mass is 16.6. The summed E-state index contributed by atoms with van der Waals surface area (Å²) in [6, 6.07) is 0.0881. The molecule has 3 nitrogen and oxygen atoms in total. The van der Waals surface area contributed by atoms with Crippen LogP contribution in [0.5, 0.6) is 0 Å². The number of ether oxygens (including phenoxy) is 1. The number of fused-ring (bicyclic) bond motifs is 1. The van der Waals surface area contributed by atoms with Gasteiger partial charge in [-0.1, -0.05) is 6.92 Å². The molecule has 3 fully saturated rings. The molecule has 2 bridgehead atoms. The maximum Gasteiger partial charge on any atom is 0.309 e. The van der Waals surface area contributed by atoms with E-state index in [-0.39, 0.29) is 29.4 Å². The average Bonchev–Trinajstić information content (AvgIpc) is 2.52. The van der Waals surface area contributed by atoms with Crippen LogP contribution in [0.3, 0.4) is 0 Å². The van der Waals surface area contributed by atoms with Gasteiger partial charge in [0, 0.05) is 12.0 Å². The maximum atomic E-state index is 11.3. The first-order valence-electron chi connectivity index (χ1n) is 4.58. The van der Waals surface area contributed by atoms with Crippen LogP contribution in [0, 0.1) is 17.3 Å². The van der Waals surface area contributed by atoms with Gasteiger partial charge in [-0.05, 0) is 18.3 Å². The minimum atomic E-state index is 0.00155. The highest BCUT2D eigenvalue weighted by Gasteiger charge is 2.65. The molecule has 1 aliphatic heterocycles. The maximum absolute atomic E-state index is 11.3. The molecule has 0 amide bonds. The molecule has 1 saturated heterocycles. The van der Waals surface area contributed by atoms with Crippen molar-refractivity contribution in [2.24, 2.45) is 23.0 Å². The number of hydrogen-bond donors (Lipinski definition) is 1. The fraction of sp³-hybridized carbons (Fsp3) is 0.889. The van der Waals surface area contributed by atoms with Gasteiger partial charge >= 0.3 is 5.97 Å². The molecule has 0 aromatic heterocycles. The van der Waals surface area contributed by atoms with Crippen LogP contribution < -0.4 is 5.73 Å². The van der Waals surface area contributed by atoms with Crippen molar-refractivity contribution >= 4 is 5.97 Å². The fourth-order valence-electron chi connectivity index (χ4n) is 3.34. The van der Waals surface area contributed by atoms with Crippen LogP contribution in [0.15, 0.2) is 0 Å². The Labute approximate surface area is 71.3 Å². The minimum Gasteiger partial charge on any atom is -0.460 e. The van der Waals surface area contributed by atoms with Crippen LogP contribution in [0.4, 0.5) is 0 Å². The van der Waals surface area contributed by atoms with E-state index in [1.54, 1.807) is 0 Å². The molecule has 0 spiro atoms. The Morgan fingerprint density at radius 1 is 1.58 bits per heavy atom. The quantitative estimate of drug-likeness (QED) is 0.527. The van der Waals surface area contributed by atoms with Crippen molar-refractivity contribution in [3.63, 3.8) is 0 Å². The number of nitrogens with two attached hydrogens (primary N) is 1. The van der Waals surface area contributed by atoms with Crippen molar-refractivity contribution in [3.8, 4) is 0 Å². The Hall–Kier alpha value is -0.570. The second kappa shape index (κ2) is 1.69. The first-order chi connectivity index (χ1) is 5.62. The standard InChI is InChI=1S/C9H13NO2/c1-9-2-4-5(3-9)8(11)12-6(4)7(9)10/h4-7H,2-3,10H2,1H3. The number of carbonyl (C=O) groups is 1. The summed E-state index contributed by atoms with van der Waals surface area (Å²) in [7, 11) is 0. The van der Waals surface area contributed by atoms with Crippen LogP contribution in [0.2, 0.25) is 0 Å². The van der Waals surface area contributed by atoms with Crippen molar-refractivity contribution < 1.29 is 9.53 Å². The Bertz CT molecular complexity index is 265. The van der Waals surface area contributed by atoms with E-state index in [0.717, 1.165) is 12.8 Å². The summed E-state index contributed by atoms with van der Waals surface area (Å²) in [5, 5.41) is 0. The van der Waals surface area contributed by atoms with E-state index in [4.69, 9.17) is 10.5 Å². The Kier molecular flexibility index (Phi) is 0.971. The SMILES string of the molecule is CC12CC3C(=O)OC(C3C1)C2N. The molecule has 0 aromatic carbocycles. The molecule has 3 aliphatic rings. The molecule has 5 atom stereocenters. The van der Waals surface area contributed by atoms with Crippen LogP contribution >= 0.6 is 0 Å². The van der Waals surface area contributed by atoms with Crippen LogP contribution in [-0.4, -0.2) is 18.1 Å². The first-order valence-corrected chi connectivity index (χ1v) is 4.58. The van der Waals surface area contributed by atoms with Gasteiger partial charge in [0.25, 0.3) is 0 Å². The van der Waals surface area contributed by atoms with E-state index < -0.39 is 0 Å². The molecule has 12 heavy (non-hydrogen) atoms. The second-order valence-corrected chi connectivity index (χ2v) is 4.76. The number of rotatable bonds is 0. The van der Waals surface area contributed by atoms with Gasteiger partial charge in [0.1, 0.15) is 6.10 Å². The molecule has 3 heteroatoms. The van der Waals surface area contributed by atoms with E-state index in [1.165, 1.54) is 0 Å². The Morgan fingerprint density at radius 3 is 2.92 bits per heavy atom. The topological polar surface area (TPSA) is 52.3 Å². The third-order valence-corrected chi connectivity index (χ3v) is 4.04. The molecule has 2 aliphatic carbocycles. The Balaban J connectivity index is 2.08. The zero-order valence-electron chi connectivity index (χ0n) is 7.12. The smallest absolute Gasteiger partial charge is 0.309 e. The molecule has 3 rings (SSSR count).